The maximum Gasteiger partial charge on any atom is 0.126 e. The van der Waals surface area contributed by atoms with Crippen molar-refractivity contribution in [2.24, 2.45) is 0 Å². The summed E-state index contributed by atoms with van der Waals surface area (Å²) in [6.07, 6.45) is 0.523. The molecule has 0 saturated heterocycles. The van der Waals surface area contributed by atoms with E-state index in [2.05, 4.69) is 5.32 Å². The molecule has 0 aliphatic carbocycles. The lowest BCUT2D eigenvalue weighted by molar-refractivity contribution is 0.541. The molecule has 20 heavy (non-hydrogen) atoms. The van der Waals surface area contributed by atoms with E-state index in [9.17, 15) is 13.2 Å². The highest BCUT2D eigenvalue weighted by Crippen LogP contribution is 2.16. The smallest absolute Gasteiger partial charge is 0.126 e. The molecule has 0 spiro atoms. The van der Waals surface area contributed by atoms with E-state index in [1.165, 1.54) is 18.2 Å². The van der Waals surface area contributed by atoms with Crippen LogP contribution in [0.4, 0.5) is 13.2 Å². The fourth-order valence-electron chi connectivity index (χ4n) is 2.07. The minimum absolute atomic E-state index is 0.202. The van der Waals surface area contributed by atoms with Crippen LogP contribution in [0.3, 0.4) is 0 Å². The molecular formula is C16H16F3N. The standard InChI is InChI=1S/C16H16F3N/c1-11(13-8-14(17)10-15(18)9-13)20-7-6-12-4-2-3-5-16(12)19/h2-5,8-11,20H,6-7H2,1H3. The summed E-state index contributed by atoms with van der Waals surface area (Å²) in [4.78, 5) is 0. The van der Waals surface area contributed by atoms with Gasteiger partial charge < -0.3 is 5.32 Å². The third-order valence-corrected chi connectivity index (χ3v) is 3.19. The maximum atomic E-state index is 13.4. The van der Waals surface area contributed by atoms with Crippen molar-refractivity contribution in [1.29, 1.82) is 0 Å². The van der Waals surface area contributed by atoms with Gasteiger partial charge in [-0.25, -0.2) is 13.2 Å². The van der Waals surface area contributed by atoms with Gasteiger partial charge in [0.1, 0.15) is 17.5 Å². The zero-order valence-electron chi connectivity index (χ0n) is 11.2. The third kappa shape index (κ3) is 3.84. The molecule has 0 radical (unpaired) electrons. The molecule has 2 aromatic rings. The Balaban J connectivity index is 1.92. The molecule has 0 heterocycles. The van der Waals surface area contributed by atoms with Crippen molar-refractivity contribution in [1.82, 2.24) is 5.32 Å². The van der Waals surface area contributed by atoms with E-state index < -0.39 is 11.6 Å². The number of benzene rings is 2. The van der Waals surface area contributed by atoms with Crippen LogP contribution in [0.1, 0.15) is 24.1 Å². The quantitative estimate of drug-likeness (QED) is 0.872. The molecule has 0 aromatic heterocycles. The molecule has 2 aromatic carbocycles. The molecule has 1 N–H and O–H groups in total. The van der Waals surface area contributed by atoms with Crippen molar-refractivity contribution < 1.29 is 13.2 Å². The van der Waals surface area contributed by atoms with E-state index in [1.807, 2.05) is 6.92 Å². The van der Waals surface area contributed by atoms with Gasteiger partial charge in [-0.3, -0.25) is 0 Å². The molecule has 0 fully saturated rings. The molecule has 0 aliphatic rings. The van der Waals surface area contributed by atoms with Crippen LogP contribution >= 0.6 is 0 Å². The molecule has 4 heteroatoms. The molecule has 1 unspecified atom stereocenters. The highest BCUT2D eigenvalue weighted by Gasteiger charge is 2.08. The number of halogens is 3. The Labute approximate surface area is 116 Å². The first kappa shape index (κ1) is 14.6. The second-order valence-electron chi connectivity index (χ2n) is 4.72. The van der Waals surface area contributed by atoms with Crippen molar-refractivity contribution in [2.45, 2.75) is 19.4 Å². The van der Waals surface area contributed by atoms with Crippen molar-refractivity contribution in [3.05, 3.63) is 71.0 Å². The lowest BCUT2D eigenvalue weighted by Crippen LogP contribution is -2.22. The molecular weight excluding hydrogens is 263 g/mol. The van der Waals surface area contributed by atoms with Gasteiger partial charge in [-0.2, -0.15) is 0 Å². The first-order valence-corrected chi connectivity index (χ1v) is 6.49. The zero-order valence-corrected chi connectivity index (χ0v) is 11.2. The minimum Gasteiger partial charge on any atom is -0.310 e. The van der Waals surface area contributed by atoms with Crippen LogP contribution in [-0.4, -0.2) is 6.54 Å². The normalized spacial score (nSPS) is 12.4. The van der Waals surface area contributed by atoms with E-state index in [-0.39, 0.29) is 11.9 Å². The third-order valence-electron chi connectivity index (χ3n) is 3.19. The second kappa shape index (κ2) is 6.57. The molecule has 1 nitrogen and oxygen atoms in total. The van der Waals surface area contributed by atoms with Crippen molar-refractivity contribution in [3.8, 4) is 0 Å². The van der Waals surface area contributed by atoms with Gasteiger partial charge in [-0.1, -0.05) is 18.2 Å². The predicted molar refractivity (Wildman–Crippen MR) is 72.9 cm³/mol. The van der Waals surface area contributed by atoms with Gasteiger partial charge in [0.15, 0.2) is 0 Å². The van der Waals surface area contributed by atoms with E-state index in [0.29, 0.717) is 24.1 Å². The Hall–Kier alpha value is -1.81. The van der Waals surface area contributed by atoms with Crippen LogP contribution in [0.15, 0.2) is 42.5 Å². The van der Waals surface area contributed by atoms with E-state index in [4.69, 9.17) is 0 Å². The maximum absolute atomic E-state index is 13.4. The predicted octanol–water partition coefficient (Wildman–Crippen LogP) is 4.00. The van der Waals surface area contributed by atoms with E-state index in [1.54, 1.807) is 18.2 Å². The molecule has 0 saturated carbocycles. The van der Waals surface area contributed by atoms with Gasteiger partial charge in [0.25, 0.3) is 0 Å². The summed E-state index contributed by atoms with van der Waals surface area (Å²) < 4.78 is 39.6. The molecule has 106 valence electrons. The molecule has 0 bridgehead atoms. The Bertz CT molecular complexity index is 563. The summed E-state index contributed by atoms with van der Waals surface area (Å²) >= 11 is 0. The van der Waals surface area contributed by atoms with Crippen molar-refractivity contribution >= 4 is 0 Å². The van der Waals surface area contributed by atoms with Gasteiger partial charge in [-0.05, 0) is 49.2 Å². The van der Waals surface area contributed by atoms with Gasteiger partial charge in [0.2, 0.25) is 0 Å². The lowest BCUT2D eigenvalue weighted by atomic mass is 10.1. The second-order valence-corrected chi connectivity index (χ2v) is 4.72. The summed E-state index contributed by atoms with van der Waals surface area (Å²) in [5.74, 6) is -1.43. The van der Waals surface area contributed by atoms with Gasteiger partial charge in [-0.15, -0.1) is 0 Å². The Morgan fingerprint density at radius 2 is 1.65 bits per heavy atom. The molecule has 1 atom stereocenters. The van der Waals surface area contributed by atoms with Crippen LogP contribution in [0.25, 0.3) is 0 Å². The molecule has 0 aliphatic heterocycles. The summed E-state index contributed by atoms with van der Waals surface area (Å²) in [7, 11) is 0. The Morgan fingerprint density at radius 1 is 1.00 bits per heavy atom. The van der Waals surface area contributed by atoms with Crippen LogP contribution in [0.2, 0.25) is 0 Å². The fraction of sp³-hybridized carbons (Fsp3) is 0.250. The monoisotopic (exact) mass is 279 g/mol. The Morgan fingerprint density at radius 3 is 2.30 bits per heavy atom. The highest BCUT2D eigenvalue weighted by atomic mass is 19.1. The average Bonchev–Trinajstić information content (AvgIpc) is 2.39. The van der Waals surface area contributed by atoms with E-state index in [0.717, 1.165) is 6.07 Å². The highest BCUT2D eigenvalue weighted by molar-refractivity contribution is 5.21. The first-order valence-electron chi connectivity index (χ1n) is 6.49. The topological polar surface area (TPSA) is 12.0 Å². The minimum atomic E-state index is -0.595. The molecule has 2 rings (SSSR count). The SMILES string of the molecule is CC(NCCc1ccccc1F)c1cc(F)cc(F)c1. The van der Waals surface area contributed by atoms with Crippen molar-refractivity contribution in [2.75, 3.05) is 6.54 Å². The Kier molecular flexibility index (Phi) is 4.79. The van der Waals surface area contributed by atoms with Crippen molar-refractivity contribution in [3.63, 3.8) is 0 Å². The lowest BCUT2D eigenvalue weighted by Gasteiger charge is -2.14. The van der Waals surface area contributed by atoms with Crippen LogP contribution < -0.4 is 5.32 Å². The van der Waals surface area contributed by atoms with Crippen LogP contribution in [0, 0.1) is 17.5 Å². The fourth-order valence-corrected chi connectivity index (χ4v) is 2.07. The number of nitrogens with one attached hydrogen (secondary N) is 1. The largest absolute Gasteiger partial charge is 0.310 e. The summed E-state index contributed by atoms with van der Waals surface area (Å²) in [5, 5.41) is 3.13. The number of hydrogen-bond acceptors (Lipinski definition) is 1. The number of rotatable bonds is 5. The van der Waals surface area contributed by atoms with Gasteiger partial charge in [0.05, 0.1) is 0 Å². The summed E-state index contributed by atoms with van der Waals surface area (Å²) in [5.41, 5.74) is 1.16. The van der Waals surface area contributed by atoms with Gasteiger partial charge in [0, 0.05) is 12.1 Å². The zero-order chi connectivity index (χ0) is 14.5. The van der Waals surface area contributed by atoms with Crippen LogP contribution in [-0.2, 0) is 6.42 Å². The molecule has 0 amide bonds. The average molecular weight is 279 g/mol. The summed E-state index contributed by atoms with van der Waals surface area (Å²) in [6, 6.07) is 9.80. The van der Waals surface area contributed by atoms with Gasteiger partial charge >= 0.3 is 0 Å². The number of hydrogen-bond donors (Lipinski definition) is 1. The van der Waals surface area contributed by atoms with Crippen LogP contribution in [0.5, 0.6) is 0 Å². The first-order chi connectivity index (χ1) is 9.56. The van der Waals surface area contributed by atoms with E-state index >= 15 is 0 Å². The summed E-state index contributed by atoms with van der Waals surface area (Å²) in [6.45, 7) is 2.34.